The Morgan fingerprint density at radius 3 is 2.79 bits per heavy atom. The predicted octanol–water partition coefficient (Wildman–Crippen LogP) is 1.78. The molecule has 172 valence electrons. The van der Waals surface area contributed by atoms with E-state index in [-0.39, 0.29) is 11.7 Å². The molecule has 0 spiro atoms. The van der Waals surface area contributed by atoms with Crippen LogP contribution in [0.25, 0.3) is 33.5 Å². The number of nitrogens with one attached hydrogen (secondary N) is 2. The minimum atomic E-state index is -2.75. The summed E-state index contributed by atoms with van der Waals surface area (Å²) >= 11 is 6.15. The molecule has 1 saturated heterocycles. The van der Waals surface area contributed by atoms with Crippen molar-refractivity contribution in [3.05, 3.63) is 47.2 Å². The molecule has 13 heteroatoms. The highest BCUT2D eigenvalue weighted by atomic mass is 35.5. The summed E-state index contributed by atoms with van der Waals surface area (Å²) in [5.41, 5.74) is 3.64. The molecule has 11 nitrogen and oxygen atoms in total. The van der Waals surface area contributed by atoms with Crippen LogP contribution in [0.2, 0.25) is 5.15 Å². The van der Waals surface area contributed by atoms with Gasteiger partial charge in [0.15, 0.2) is 0 Å². The highest BCUT2D eigenvalue weighted by molar-refractivity contribution is 7.70. The predicted molar refractivity (Wildman–Crippen MR) is 121 cm³/mol. The number of benzene rings is 1. The maximum absolute atomic E-state index is 10.9. The van der Waals surface area contributed by atoms with Crippen LogP contribution < -0.4 is 4.72 Å². The fraction of sp³-hybridized carbons (Fsp3) is 0.300. The van der Waals surface area contributed by atoms with Crippen LogP contribution in [0.1, 0.15) is 11.5 Å². The van der Waals surface area contributed by atoms with Crippen LogP contribution in [0.3, 0.4) is 0 Å². The number of rotatable bonds is 7. The zero-order valence-electron chi connectivity index (χ0n) is 17.3. The van der Waals surface area contributed by atoms with Gasteiger partial charge in [-0.2, -0.15) is 5.10 Å². The first-order valence-electron chi connectivity index (χ1n) is 10.2. The molecule has 0 aliphatic carbocycles. The van der Waals surface area contributed by atoms with E-state index in [0.29, 0.717) is 37.1 Å². The smallest absolute Gasteiger partial charge is 0.248 e. The SMILES string of the molecule is O=[SH](=O)NCc1cc(-c2cc(-c3nnc(CN4CCOCC4)o3)c3cn[nH]c3c2)cnc1Cl. The summed E-state index contributed by atoms with van der Waals surface area (Å²) < 4.78 is 35.5. The molecule has 0 saturated carbocycles. The van der Waals surface area contributed by atoms with Crippen LogP contribution in [-0.4, -0.2) is 65.0 Å². The van der Waals surface area contributed by atoms with Gasteiger partial charge < -0.3 is 9.15 Å². The lowest BCUT2D eigenvalue weighted by Gasteiger charge is -2.24. The Morgan fingerprint density at radius 1 is 1.12 bits per heavy atom. The van der Waals surface area contributed by atoms with Gasteiger partial charge in [-0.25, -0.2) is 18.1 Å². The molecule has 0 radical (unpaired) electrons. The Bertz CT molecular complexity index is 1360. The number of thiol groups is 1. The van der Waals surface area contributed by atoms with Crippen LogP contribution in [0.5, 0.6) is 0 Å². The Kier molecular flexibility index (Phi) is 6.33. The normalized spacial score (nSPS) is 15.0. The van der Waals surface area contributed by atoms with E-state index in [1.54, 1.807) is 18.5 Å². The lowest BCUT2D eigenvalue weighted by molar-refractivity contribution is 0.0306. The van der Waals surface area contributed by atoms with E-state index in [1.165, 1.54) is 0 Å². The van der Waals surface area contributed by atoms with Gasteiger partial charge >= 0.3 is 0 Å². The molecule has 4 aromatic rings. The lowest BCUT2D eigenvalue weighted by Crippen LogP contribution is -2.35. The zero-order chi connectivity index (χ0) is 22.8. The van der Waals surface area contributed by atoms with Crippen molar-refractivity contribution in [1.82, 2.24) is 35.0 Å². The number of hydrogen-bond donors (Lipinski definition) is 3. The van der Waals surface area contributed by atoms with Gasteiger partial charge in [0.25, 0.3) is 0 Å². The third-order valence-electron chi connectivity index (χ3n) is 5.36. The summed E-state index contributed by atoms with van der Waals surface area (Å²) in [7, 11) is -2.75. The molecular weight excluding hydrogens is 470 g/mol. The number of ether oxygens (including phenoxy) is 1. The second-order valence-corrected chi connectivity index (χ2v) is 8.70. The van der Waals surface area contributed by atoms with Gasteiger partial charge in [-0.3, -0.25) is 10.00 Å². The number of fused-ring (bicyclic) bond motifs is 1. The highest BCUT2D eigenvalue weighted by Gasteiger charge is 2.18. The van der Waals surface area contributed by atoms with E-state index in [0.717, 1.165) is 40.7 Å². The van der Waals surface area contributed by atoms with Crippen molar-refractivity contribution in [1.29, 1.82) is 0 Å². The third kappa shape index (κ3) is 4.89. The van der Waals surface area contributed by atoms with Gasteiger partial charge in [-0.05, 0) is 23.8 Å². The number of aromatic nitrogens is 5. The Balaban J connectivity index is 1.49. The molecule has 0 atom stereocenters. The number of morpholine rings is 1. The number of pyridine rings is 1. The zero-order valence-corrected chi connectivity index (χ0v) is 19.0. The summed E-state index contributed by atoms with van der Waals surface area (Å²) in [6, 6.07) is 5.63. The first kappa shape index (κ1) is 21.9. The van der Waals surface area contributed by atoms with E-state index in [4.69, 9.17) is 20.8 Å². The van der Waals surface area contributed by atoms with Crippen molar-refractivity contribution in [2.75, 3.05) is 26.3 Å². The summed E-state index contributed by atoms with van der Waals surface area (Å²) in [5.74, 6) is 0.917. The minimum Gasteiger partial charge on any atom is -0.419 e. The molecule has 1 aliphatic heterocycles. The van der Waals surface area contributed by atoms with Crippen molar-refractivity contribution in [2.45, 2.75) is 13.1 Å². The third-order valence-corrected chi connectivity index (χ3v) is 6.12. The number of aromatic amines is 1. The standard InChI is InChI=1S/C20H20ClN7O4S/c21-19-14(9-24-33(29)30)5-13(8-22-19)12-6-15(16-10-23-25-17(16)7-12)20-27-26-18(32-20)11-28-1-3-31-4-2-28/h5-8,10,33H,1-4,9,11H2,(H,23,25)(H,24,29,30). The van der Waals surface area contributed by atoms with Crippen LogP contribution >= 0.6 is 11.6 Å². The Labute approximate surface area is 195 Å². The number of hydrogen-bond acceptors (Lipinski definition) is 9. The van der Waals surface area contributed by atoms with Gasteiger partial charge in [0, 0.05) is 42.3 Å². The first-order chi connectivity index (χ1) is 16.1. The molecule has 4 heterocycles. The fourth-order valence-electron chi connectivity index (χ4n) is 3.70. The Morgan fingerprint density at radius 2 is 1.97 bits per heavy atom. The Hall–Kier alpha value is -2.90. The fourth-order valence-corrected chi connectivity index (χ4v) is 4.17. The highest BCUT2D eigenvalue weighted by Crippen LogP contribution is 2.33. The van der Waals surface area contributed by atoms with Crippen molar-refractivity contribution in [3.8, 4) is 22.6 Å². The molecular formula is C20H20ClN7O4S. The lowest BCUT2D eigenvalue weighted by atomic mass is 10.0. The van der Waals surface area contributed by atoms with Crippen LogP contribution in [0.15, 0.2) is 35.0 Å². The quantitative estimate of drug-likeness (QED) is 0.262. The van der Waals surface area contributed by atoms with E-state index in [2.05, 4.69) is 35.0 Å². The molecule has 0 unspecified atom stereocenters. The molecule has 3 aromatic heterocycles. The molecule has 1 aromatic carbocycles. The van der Waals surface area contributed by atoms with Crippen LogP contribution in [0, 0.1) is 0 Å². The molecule has 33 heavy (non-hydrogen) atoms. The van der Waals surface area contributed by atoms with Gasteiger partial charge in [0.05, 0.1) is 37.0 Å². The summed E-state index contributed by atoms with van der Waals surface area (Å²) in [4.78, 5) is 6.41. The van der Waals surface area contributed by atoms with E-state index < -0.39 is 10.9 Å². The van der Waals surface area contributed by atoms with Crippen LogP contribution in [0.4, 0.5) is 0 Å². The van der Waals surface area contributed by atoms with Gasteiger partial charge in [-0.1, -0.05) is 11.6 Å². The average molecular weight is 490 g/mol. The molecule has 5 rings (SSSR count). The van der Waals surface area contributed by atoms with Crippen molar-refractivity contribution in [3.63, 3.8) is 0 Å². The number of halogens is 1. The molecule has 0 bridgehead atoms. The second kappa shape index (κ2) is 9.53. The van der Waals surface area contributed by atoms with Gasteiger partial charge in [-0.15, -0.1) is 10.2 Å². The summed E-state index contributed by atoms with van der Waals surface area (Å²) in [5, 5.41) is 16.7. The molecule has 0 amide bonds. The molecule has 1 fully saturated rings. The van der Waals surface area contributed by atoms with E-state index >= 15 is 0 Å². The maximum atomic E-state index is 10.9. The molecule has 1 aliphatic rings. The van der Waals surface area contributed by atoms with Gasteiger partial charge in [0.2, 0.25) is 22.7 Å². The average Bonchev–Trinajstić information content (AvgIpc) is 3.48. The first-order valence-corrected chi connectivity index (χ1v) is 11.7. The summed E-state index contributed by atoms with van der Waals surface area (Å²) in [6.07, 6.45) is 3.34. The molecule has 2 N–H and O–H groups in total. The van der Waals surface area contributed by atoms with Crippen LogP contribution in [-0.2, 0) is 28.7 Å². The van der Waals surface area contributed by atoms with Crippen molar-refractivity contribution < 1.29 is 17.6 Å². The van der Waals surface area contributed by atoms with E-state index in [1.807, 2.05) is 12.1 Å². The minimum absolute atomic E-state index is 0.0477. The maximum Gasteiger partial charge on any atom is 0.248 e. The monoisotopic (exact) mass is 489 g/mol. The second-order valence-electron chi connectivity index (χ2n) is 7.51. The van der Waals surface area contributed by atoms with Gasteiger partial charge in [0.1, 0.15) is 5.15 Å². The van der Waals surface area contributed by atoms with Crippen molar-refractivity contribution in [2.24, 2.45) is 0 Å². The van der Waals surface area contributed by atoms with Crippen molar-refractivity contribution >= 4 is 33.4 Å². The number of nitrogens with zero attached hydrogens (tertiary/aromatic N) is 5. The summed E-state index contributed by atoms with van der Waals surface area (Å²) in [6.45, 7) is 3.63. The topological polar surface area (TPSA) is 139 Å². The largest absolute Gasteiger partial charge is 0.419 e. The van der Waals surface area contributed by atoms with E-state index in [9.17, 15) is 8.42 Å². The number of H-pyrrole nitrogens is 1.